The van der Waals surface area contributed by atoms with Crippen LogP contribution in [0.25, 0.3) is 0 Å². The molecule has 0 rings (SSSR count). The Morgan fingerprint density at radius 3 is 2.82 bits per heavy atom. The van der Waals surface area contributed by atoms with Crippen molar-refractivity contribution in [3.8, 4) is 0 Å². The lowest BCUT2D eigenvalue weighted by molar-refractivity contribution is -0.118. The molecule has 0 saturated heterocycles. The molecule has 0 aromatic rings. The molecule has 4 heteroatoms. The highest BCUT2D eigenvalue weighted by Crippen LogP contribution is 1.79. The van der Waals surface area contributed by atoms with E-state index in [0.29, 0.717) is 12.4 Å². The van der Waals surface area contributed by atoms with Crippen LogP contribution in [0.4, 0.5) is 0 Å². The monoisotopic (exact) mass is 156 g/mol. The van der Waals surface area contributed by atoms with Gasteiger partial charge in [0.2, 0.25) is 11.8 Å². The van der Waals surface area contributed by atoms with Crippen LogP contribution in [0, 0.1) is 0 Å². The number of rotatable bonds is 3. The summed E-state index contributed by atoms with van der Waals surface area (Å²) >= 11 is 0. The van der Waals surface area contributed by atoms with E-state index in [2.05, 4.69) is 16.9 Å². The van der Waals surface area contributed by atoms with E-state index < -0.39 is 0 Å². The number of ether oxygens (including phenoxy) is 1. The summed E-state index contributed by atoms with van der Waals surface area (Å²) in [5, 5.41) is 2.54. The molecule has 11 heavy (non-hydrogen) atoms. The summed E-state index contributed by atoms with van der Waals surface area (Å²) in [6.07, 6.45) is 1.36. The Labute approximate surface area is 66.0 Å². The van der Waals surface area contributed by atoms with Crippen molar-refractivity contribution >= 4 is 11.8 Å². The van der Waals surface area contributed by atoms with Crippen molar-refractivity contribution in [3.05, 3.63) is 12.8 Å². The second-order valence-electron chi connectivity index (χ2n) is 1.82. The molecule has 0 aliphatic heterocycles. The summed E-state index contributed by atoms with van der Waals surface area (Å²) in [5.74, 6) is 0.328. The molecular formula is C7H12N2O2. The Kier molecular flexibility index (Phi) is 4.81. The third kappa shape index (κ3) is 5.14. The first kappa shape index (κ1) is 9.68. The minimum atomic E-state index is -0.112. The molecule has 0 saturated carbocycles. The number of amides is 1. The number of carbonyl (C=O) groups excluding carboxylic acids is 1. The first-order valence-corrected chi connectivity index (χ1v) is 3.16. The fraction of sp³-hybridized carbons (Fsp3) is 0.429. The van der Waals surface area contributed by atoms with E-state index in [-0.39, 0.29) is 5.91 Å². The van der Waals surface area contributed by atoms with Crippen LogP contribution in [-0.2, 0) is 9.53 Å². The smallest absolute Gasteiger partial charge is 0.217 e. The molecule has 0 aromatic heterocycles. The maximum atomic E-state index is 10.4. The zero-order valence-electron chi connectivity index (χ0n) is 6.76. The molecule has 1 N–H and O–H groups in total. The predicted octanol–water partition coefficient (Wildman–Crippen LogP) is 0.311. The molecule has 0 atom stereocenters. The van der Waals surface area contributed by atoms with Gasteiger partial charge in [0.15, 0.2) is 0 Å². The van der Waals surface area contributed by atoms with Crippen molar-refractivity contribution < 1.29 is 9.53 Å². The van der Waals surface area contributed by atoms with E-state index in [1.54, 1.807) is 0 Å². The van der Waals surface area contributed by atoms with Gasteiger partial charge in [-0.1, -0.05) is 6.58 Å². The normalized spacial score (nSPS) is 10.5. The average Bonchev–Trinajstić information content (AvgIpc) is 1.97. The van der Waals surface area contributed by atoms with Gasteiger partial charge in [0.25, 0.3) is 0 Å². The summed E-state index contributed by atoms with van der Waals surface area (Å²) in [6.45, 7) is 5.13. The summed E-state index contributed by atoms with van der Waals surface area (Å²) in [4.78, 5) is 14.2. The third-order valence-electron chi connectivity index (χ3n) is 0.959. The molecule has 1 amide bonds. The number of carbonyl (C=O) groups is 1. The van der Waals surface area contributed by atoms with E-state index in [9.17, 15) is 4.79 Å². The topological polar surface area (TPSA) is 50.7 Å². The van der Waals surface area contributed by atoms with Gasteiger partial charge in [-0.05, 0) is 0 Å². The van der Waals surface area contributed by atoms with Crippen LogP contribution >= 0.6 is 0 Å². The lowest BCUT2D eigenvalue weighted by Gasteiger charge is -2.03. The summed E-state index contributed by atoms with van der Waals surface area (Å²) in [7, 11) is 1.49. The molecule has 0 aliphatic rings. The lowest BCUT2D eigenvalue weighted by atomic mass is 10.6. The summed E-state index contributed by atoms with van der Waals surface area (Å²) in [6, 6.07) is 0. The molecule has 0 unspecified atom stereocenters. The molecule has 0 radical (unpaired) electrons. The molecule has 0 heterocycles. The number of nitrogens with zero attached hydrogens (tertiary/aromatic N) is 1. The van der Waals surface area contributed by atoms with Crippen molar-refractivity contribution in [1.29, 1.82) is 0 Å². The lowest BCUT2D eigenvalue weighted by Crippen LogP contribution is -2.27. The predicted molar refractivity (Wildman–Crippen MR) is 43.3 cm³/mol. The largest absolute Gasteiger partial charge is 0.483 e. The Bertz CT molecular complexity index is 175. The van der Waals surface area contributed by atoms with Crippen LogP contribution < -0.4 is 5.32 Å². The standard InChI is InChI=1S/C7H12N2O2/c1-4-8-7(11-3)5-9-6(2)10/h4H,1,5H2,2-3H3,(H,9,10). The molecule has 62 valence electrons. The van der Waals surface area contributed by atoms with E-state index in [1.165, 1.54) is 20.2 Å². The van der Waals surface area contributed by atoms with Crippen LogP contribution in [0.15, 0.2) is 17.8 Å². The molecule has 0 spiro atoms. The highest BCUT2D eigenvalue weighted by atomic mass is 16.5. The van der Waals surface area contributed by atoms with Gasteiger partial charge < -0.3 is 10.1 Å². The van der Waals surface area contributed by atoms with E-state index in [1.807, 2.05) is 0 Å². The van der Waals surface area contributed by atoms with Gasteiger partial charge in [-0.15, -0.1) is 0 Å². The number of nitrogens with one attached hydrogen (secondary N) is 1. The van der Waals surface area contributed by atoms with Gasteiger partial charge in [-0.2, -0.15) is 0 Å². The summed E-state index contributed by atoms with van der Waals surface area (Å²) in [5.41, 5.74) is 0. The van der Waals surface area contributed by atoms with E-state index in [0.717, 1.165) is 0 Å². The van der Waals surface area contributed by atoms with Crippen molar-refractivity contribution in [2.24, 2.45) is 4.99 Å². The van der Waals surface area contributed by atoms with Crippen molar-refractivity contribution in [1.82, 2.24) is 5.32 Å². The Morgan fingerprint density at radius 2 is 2.45 bits per heavy atom. The van der Waals surface area contributed by atoms with Crippen molar-refractivity contribution in [2.45, 2.75) is 6.92 Å². The molecule has 0 bridgehead atoms. The first-order chi connectivity index (χ1) is 5.20. The maximum absolute atomic E-state index is 10.4. The van der Waals surface area contributed by atoms with E-state index >= 15 is 0 Å². The highest BCUT2D eigenvalue weighted by molar-refractivity contribution is 5.83. The Hall–Kier alpha value is -1.32. The fourth-order valence-corrected chi connectivity index (χ4v) is 0.472. The van der Waals surface area contributed by atoms with Gasteiger partial charge in [0, 0.05) is 13.1 Å². The number of methoxy groups -OCH3 is 1. The molecule has 0 aliphatic carbocycles. The van der Waals surface area contributed by atoms with Crippen molar-refractivity contribution in [2.75, 3.05) is 13.7 Å². The maximum Gasteiger partial charge on any atom is 0.217 e. The molecule has 4 nitrogen and oxygen atoms in total. The van der Waals surface area contributed by atoms with Crippen LogP contribution in [0.3, 0.4) is 0 Å². The summed E-state index contributed by atoms with van der Waals surface area (Å²) < 4.78 is 4.81. The van der Waals surface area contributed by atoms with Crippen LogP contribution in [-0.4, -0.2) is 25.5 Å². The third-order valence-corrected chi connectivity index (χ3v) is 0.959. The molecule has 0 fully saturated rings. The Balaban J connectivity index is 3.79. The van der Waals surface area contributed by atoms with E-state index in [4.69, 9.17) is 4.74 Å². The number of hydrogen-bond acceptors (Lipinski definition) is 3. The molecular weight excluding hydrogens is 144 g/mol. The van der Waals surface area contributed by atoms with Gasteiger partial charge in [-0.3, -0.25) is 4.79 Å². The molecule has 0 aromatic carbocycles. The number of aliphatic imine (C=N–C) groups is 1. The SMILES string of the molecule is C=CN=C(CNC(C)=O)OC. The zero-order valence-corrected chi connectivity index (χ0v) is 6.76. The quantitative estimate of drug-likeness (QED) is 0.472. The Morgan fingerprint density at radius 1 is 1.82 bits per heavy atom. The first-order valence-electron chi connectivity index (χ1n) is 3.16. The minimum Gasteiger partial charge on any atom is -0.483 e. The second kappa shape index (κ2) is 5.46. The van der Waals surface area contributed by atoms with Gasteiger partial charge in [-0.25, -0.2) is 4.99 Å². The zero-order chi connectivity index (χ0) is 8.69. The van der Waals surface area contributed by atoms with Crippen LogP contribution in [0.5, 0.6) is 0 Å². The average molecular weight is 156 g/mol. The highest BCUT2D eigenvalue weighted by Gasteiger charge is 1.96. The second-order valence-corrected chi connectivity index (χ2v) is 1.82. The van der Waals surface area contributed by atoms with Gasteiger partial charge in [0.05, 0.1) is 13.7 Å². The van der Waals surface area contributed by atoms with Crippen LogP contribution in [0.1, 0.15) is 6.92 Å². The fourth-order valence-electron chi connectivity index (χ4n) is 0.472. The van der Waals surface area contributed by atoms with Gasteiger partial charge >= 0.3 is 0 Å². The van der Waals surface area contributed by atoms with Crippen molar-refractivity contribution in [3.63, 3.8) is 0 Å². The minimum absolute atomic E-state index is 0.112. The van der Waals surface area contributed by atoms with Gasteiger partial charge in [0.1, 0.15) is 0 Å². The van der Waals surface area contributed by atoms with Crippen LogP contribution in [0.2, 0.25) is 0 Å². The number of hydrogen-bond donors (Lipinski definition) is 1.